The van der Waals surface area contributed by atoms with Gasteiger partial charge in [0, 0.05) is 5.56 Å². The average molecular weight is 267 g/mol. The van der Waals surface area contributed by atoms with Crippen LogP contribution in [0, 0.1) is 0 Å². The average Bonchev–Trinajstić information content (AvgIpc) is 2.53. The van der Waals surface area contributed by atoms with Crippen LogP contribution in [0.1, 0.15) is 29.5 Å². The lowest BCUT2D eigenvalue weighted by molar-refractivity contribution is 0.305. The lowest BCUT2D eigenvalue weighted by Gasteiger charge is -2.18. The molecular formula is C17H17NO2. The summed E-state index contributed by atoms with van der Waals surface area (Å²) in [6.07, 6.45) is 2.87. The fraction of sp³-hybridized carbons (Fsp3) is 0.235. The zero-order valence-electron chi connectivity index (χ0n) is 11.2. The fourth-order valence-electron chi connectivity index (χ4n) is 2.57. The first-order valence-electron chi connectivity index (χ1n) is 6.88. The Kier molecular flexibility index (Phi) is 3.68. The third-order valence-corrected chi connectivity index (χ3v) is 3.62. The number of hydrogen-bond donors (Lipinski definition) is 1. The molecule has 0 unspecified atom stereocenters. The van der Waals surface area contributed by atoms with Crippen LogP contribution in [-0.4, -0.2) is 10.9 Å². The van der Waals surface area contributed by atoms with Gasteiger partial charge in [0.05, 0.1) is 5.71 Å². The molecule has 3 rings (SSSR count). The molecule has 20 heavy (non-hydrogen) atoms. The van der Waals surface area contributed by atoms with Crippen LogP contribution in [0.2, 0.25) is 0 Å². The summed E-state index contributed by atoms with van der Waals surface area (Å²) in [6, 6.07) is 16.1. The number of ether oxygens (including phenoxy) is 1. The molecule has 0 aliphatic heterocycles. The Morgan fingerprint density at radius 2 is 1.90 bits per heavy atom. The molecule has 0 bridgehead atoms. The maximum Gasteiger partial charge on any atom is 0.120 e. The quantitative estimate of drug-likeness (QED) is 0.679. The van der Waals surface area contributed by atoms with Crippen molar-refractivity contribution in [2.75, 3.05) is 0 Å². The molecule has 0 amide bonds. The van der Waals surface area contributed by atoms with Gasteiger partial charge in [0.1, 0.15) is 12.4 Å². The van der Waals surface area contributed by atoms with Gasteiger partial charge in [-0.25, -0.2) is 0 Å². The highest BCUT2D eigenvalue weighted by atomic mass is 16.5. The Bertz CT molecular complexity index is 620. The van der Waals surface area contributed by atoms with Gasteiger partial charge < -0.3 is 9.94 Å². The number of aryl methyl sites for hydroxylation is 1. The van der Waals surface area contributed by atoms with Gasteiger partial charge >= 0.3 is 0 Å². The van der Waals surface area contributed by atoms with Crippen molar-refractivity contribution < 1.29 is 9.94 Å². The van der Waals surface area contributed by atoms with Crippen molar-refractivity contribution in [3.8, 4) is 5.75 Å². The van der Waals surface area contributed by atoms with Crippen molar-refractivity contribution in [3.63, 3.8) is 0 Å². The summed E-state index contributed by atoms with van der Waals surface area (Å²) in [5, 5.41) is 12.4. The minimum Gasteiger partial charge on any atom is -0.489 e. The monoisotopic (exact) mass is 267 g/mol. The first-order chi connectivity index (χ1) is 9.86. The topological polar surface area (TPSA) is 41.8 Å². The molecule has 1 aliphatic carbocycles. The lowest BCUT2D eigenvalue weighted by Crippen LogP contribution is -2.12. The summed E-state index contributed by atoms with van der Waals surface area (Å²) in [4.78, 5) is 0. The van der Waals surface area contributed by atoms with Crippen LogP contribution in [0.4, 0.5) is 0 Å². The smallest absolute Gasteiger partial charge is 0.120 e. The predicted octanol–water partition coefficient (Wildman–Crippen LogP) is 3.78. The van der Waals surface area contributed by atoms with Gasteiger partial charge in [0.2, 0.25) is 0 Å². The number of hydrogen-bond acceptors (Lipinski definition) is 3. The van der Waals surface area contributed by atoms with Gasteiger partial charge in [0.25, 0.3) is 0 Å². The normalized spacial score (nSPS) is 15.9. The standard InChI is InChI=1S/C17H17NO2/c19-18-17-8-4-7-14-11-15(9-10-16(14)17)20-12-13-5-2-1-3-6-13/h1-3,5-6,9-11,19H,4,7-8,12H2. The van der Waals surface area contributed by atoms with Crippen molar-refractivity contribution in [2.45, 2.75) is 25.9 Å². The van der Waals surface area contributed by atoms with Crippen molar-refractivity contribution in [3.05, 3.63) is 65.2 Å². The zero-order valence-corrected chi connectivity index (χ0v) is 11.2. The van der Waals surface area contributed by atoms with E-state index in [0.29, 0.717) is 6.61 Å². The maximum absolute atomic E-state index is 9.02. The van der Waals surface area contributed by atoms with Crippen LogP contribution >= 0.6 is 0 Å². The highest BCUT2D eigenvalue weighted by Gasteiger charge is 2.16. The van der Waals surface area contributed by atoms with Crippen LogP contribution < -0.4 is 4.74 Å². The molecule has 1 N–H and O–H groups in total. The largest absolute Gasteiger partial charge is 0.489 e. The lowest BCUT2D eigenvalue weighted by atomic mass is 9.90. The van der Waals surface area contributed by atoms with Gasteiger partial charge in [-0.15, -0.1) is 0 Å². The van der Waals surface area contributed by atoms with Crippen molar-refractivity contribution in [1.82, 2.24) is 0 Å². The molecule has 0 aromatic heterocycles. The molecule has 0 spiro atoms. The van der Waals surface area contributed by atoms with Gasteiger partial charge in [-0.05, 0) is 48.6 Å². The summed E-state index contributed by atoms with van der Waals surface area (Å²) in [7, 11) is 0. The summed E-state index contributed by atoms with van der Waals surface area (Å²) in [5.74, 6) is 0.867. The van der Waals surface area contributed by atoms with Crippen LogP contribution in [0.15, 0.2) is 53.7 Å². The molecule has 102 valence electrons. The fourth-order valence-corrected chi connectivity index (χ4v) is 2.57. The summed E-state index contributed by atoms with van der Waals surface area (Å²) < 4.78 is 5.82. The molecule has 0 saturated heterocycles. The second-order valence-corrected chi connectivity index (χ2v) is 4.99. The van der Waals surface area contributed by atoms with E-state index >= 15 is 0 Å². The minimum absolute atomic E-state index is 0.570. The molecule has 2 aromatic rings. The van der Waals surface area contributed by atoms with Crippen molar-refractivity contribution in [2.24, 2.45) is 5.16 Å². The molecule has 0 heterocycles. The Morgan fingerprint density at radius 3 is 2.70 bits per heavy atom. The van der Waals surface area contributed by atoms with E-state index in [-0.39, 0.29) is 0 Å². The molecule has 0 radical (unpaired) electrons. The van der Waals surface area contributed by atoms with Crippen LogP contribution in [0.3, 0.4) is 0 Å². The van der Waals surface area contributed by atoms with E-state index in [0.717, 1.165) is 41.9 Å². The minimum atomic E-state index is 0.570. The second-order valence-electron chi connectivity index (χ2n) is 4.99. The van der Waals surface area contributed by atoms with Crippen LogP contribution in [0.5, 0.6) is 5.75 Å². The molecular weight excluding hydrogens is 250 g/mol. The molecule has 3 heteroatoms. The predicted molar refractivity (Wildman–Crippen MR) is 78.5 cm³/mol. The Morgan fingerprint density at radius 1 is 1.05 bits per heavy atom. The summed E-state index contributed by atoms with van der Waals surface area (Å²) >= 11 is 0. The van der Waals surface area contributed by atoms with Gasteiger partial charge in [0.15, 0.2) is 0 Å². The highest BCUT2D eigenvalue weighted by Crippen LogP contribution is 2.26. The van der Waals surface area contributed by atoms with Gasteiger partial charge in [-0.3, -0.25) is 0 Å². The van der Waals surface area contributed by atoms with E-state index in [1.807, 2.05) is 30.3 Å². The van der Waals surface area contributed by atoms with E-state index < -0.39 is 0 Å². The molecule has 2 aromatic carbocycles. The Balaban J connectivity index is 1.76. The zero-order chi connectivity index (χ0) is 13.8. The Hall–Kier alpha value is -2.29. The number of nitrogens with zero attached hydrogens (tertiary/aromatic N) is 1. The SMILES string of the molecule is ON=C1CCCc2cc(OCc3ccccc3)ccc21. The molecule has 0 fully saturated rings. The van der Waals surface area contributed by atoms with E-state index in [9.17, 15) is 0 Å². The van der Waals surface area contributed by atoms with E-state index in [2.05, 4.69) is 23.4 Å². The number of rotatable bonds is 3. The van der Waals surface area contributed by atoms with Crippen molar-refractivity contribution in [1.29, 1.82) is 0 Å². The van der Waals surface area contributed by atoms with E-state index in [1.54, 1.807) is 0 Å². The van der Waals surface area contributed by atoms with Gasteiger partial charge in [-0.1, -0.05) is 35.5 Å². The summed E-state index contributed by atoms with van der Waals surface area (Å²) in [6.45, 7) is 0.570. The summed E-state index contributed by atoms with van der Waals surface area (Å²) in [5.41, 5.74) is 4.18. The molecule has 1 aliphatic rings. The molecule has 0 saturated carbocycles. The number of oxime groups is 1. The second kappa shape index (κ2) is 5.78. The van der Waals surface area contributed by atoms with E-state index in [1.165, 1.54) is 5.56 Å². The van der Waals surface area contributed by atoms with Crippen molar-refractivity contribution >= 4 is 5.71 Å². The van der Waals surface area contributed by atoms with Gasteiger partial charge in [-0.2, -0.15) is 0 Å². The first-order valence-corrected chi connectivity index (χ1v) is 6.88. The third-order valence-electron chi connectivity index (χ3n) is 3.62. The third kappa shape index (κ3) is 2.67. The number of benzene rings is 2. The highest BCUT2D eigenvalue weighted by molar-refractivity contribution is 6.02. The molecule has 0 atom stereocenters. The Labute approximate surface area is 118 Å². The van der Waals surface area contributed by atoms with Crippen LogP contribution in [0.25, 0.3) is 0 Å². The molecule has 3 nitrogen and oxygen atoms in total. The first kappa shape index (κ1) is 12.7. The van der Waals surface area contributed by atoms with E-state index in [4.69, 9.17) is 9.94 Å². The van der Waals surface area contributed by atoms with Crippen LogP contribution in [-0.2, 0) is 13.0 Å². The maximum atomic E-state index is 9.02. The number of fused-ring (bicyclic) bond motifs is 1.